The largest absolute Gasteiger partial charge is 0.313 e. The van der Waals surface area contributed by atoms with Gasteiger partial charge in [-0.25, -0.2) is 0 Å². The standard InChI is InChI=1S/C17H26N2/c1-14(16-6-3-2-4-7-16)19(12-15-9-10-15)13-17-8-5-11-18-17/h2-4,6-7,14-15,17-18H,5,8-13H2,1H3/t14?,17-/m0/s1. The van der Waals surface area contributed by atoms with E-state index in [-0.39, 0.29) is 0 Å². The number of nitrogens with zero attached hydrogens (tertiary/aromatic N) is 1. The van der Waals surface area contributed by atoms with E-state index in [9.17, 15) is 0 Å². The molecule has 3 rings (SSSR count). The third kappa shape index (κ3) is 3.58. The average molecular weight is 258 g/mol. The molecule has 0 radical (unpaired) electrons. The van der Waals surface area contributed by atoms with E-state index in [2.05, 4.69) is 47.5 Å². The summed E-state index contributed by atoms with van der Waals surface area (Å²) in [6.45, 7) is 6.08. The lowest BCUT2D eigenvalue weighted by Crippen LogP contribution is -2.40. The van der Waals surface area contributed by atoms with Gasteiger partial charge in [0, 0.05) is 25.2 Å². The lowest BCUT2D eigenvalue weighted by atomic mass is 10.1. The van der Waals surface area contributed by atoms with Crippen LogP contribution in [0.4, 0.5) is 0 Å². The lowest BCUT2D eigenvalue weighted by Gasteiger charge is -2.32. The minimum atomic E-state index is 0.546. The quantitative estimate of drug-likeness (QED) is 0.843. The van der Waals surface area contributed by atoms with Crippen molar-refractivity contribution in [3.05, 3.63) is 35.9 Å². The van der Waals surface area contributed by atoms with E-state index < -0.39 is 0 Å². The third-order valence-corrected chi connectivity index (χ3v) is 4.64. The van der Waals surface area contributed by atoms with Crippen LogP contribution in [0.3, 0.4) is 0 Å². The van der Waals surface area contributed by atoms with Gasteiger partial charge in [-0.15, -0.1) is 0 Å². The van der Waals surface area contributed by atoms with Gasteiger partial charge in [-0.1, -0.05) is 30.3 Å². The number of benzene rings is 1. The molecule has 0 spiro atoms. The van der Waals surface area contributed by atoms with Gasteiger partial charge >= 0.3 is 0 Å². The van der Waals surface area contributed by atoms with E-state index in [1.807, 2.05) is 0 Å². The molecule has 0 amide bonds. The Kier molecular flexibility index (Phi) is 4.19. The van der Waals surface area contributed by atoms with Crippen molar-refractivity contribution < 1.29 is 0 Å². The Hall–Kier alpha value is -0.860. The fraction of sp³-hybridized carbons (Fsp3) is 0.647. The van der Waals surface area contributed by atoms with Gasteiger partial charge in [0.25, 0.3) is 0 Å². The summed E-state index contributed by atoms with van der Waals surface area (Å²) in [4.78, 5) is 2.70. The van der Waals surface area contributed by atoms with E-state index in [1.54, 1.807) is 0 Å². The summed E-state index contributed by atoms with van der Waals surface area (Å²) >= 11 is 0. The third-order valence-electron chi connectivity index (χ3n) is 4.64. The predicted molar refractivity (Wildman–Crippen MR) is 80.2 cm³/mol. The van der Waals surface area contributed by atoms with Gasteiger partial charge in [0.05, 0.1) is 0 Å². The molecule has 2 nitrogen and oxygen atoms in total. The van der Waals surface area contributed by atoms with Crippen LogP contribution in [-0.2, 0) is 0 Å². The van der Waals surface area contributed by atoms with Crippen LogP contribution in [0.5, 0.6) is 0 Å². The van der Waals surface area contributed by atoms with Gasteiger partial charge in [-0.3, -0.25) is 4.90 Å². The summed E-state index contributed by atoms with van der Waals surface area (Å²) in [5, 5.41) is 3.65. The zero-order valence-corrected chi connectivity index (χ0v) is 12.0. The Balaban J connectivity index is 1.66. The minimum absolute atomic E-state index is 0.546. The molecule has 0 bridgehead atoms. The molecule has 1 aromatic rings. The highest BCUT2D eigenvalue weighted by Gasteiger charge is 2.29. The first-order valence-corrected chi connectivity index (χ1v) is 7.85. The van der Waals surface area contributed by atoms with E-state index in [4.69, 9.17) is 0 Å². The minimum Gasteiger partial charge on any atom is -0.313 e. The number of rotatable bonds is 6. The van der Waals surface area contributed by atoms with Crippen LogP contribution in [-0.4, -0.2) is 30.6 Å². The van der Waals surface area contributed by atoms with Crippen LogP contribution in [0, 0.1) is 5.92 Å². The van der Waals surface area contributed by atoms with Crippen LogP contribution >= 0.6 is 0 Å². The second kappa shape index (κ2) is 6.06. The van der Waals surface area contributed by atoms with Gasteiger partial charge in [0.2, 0.25) is 0 Å². The van der Waals surface area contributed by atoms with Crippen LogP contribution in [0.1, 0.15) is 44.2 Å². The molecule has 2 aliphatic rings. The van der Waals surface area contributed by atoms with E-state index in [0.29, 0.717) is 12.1 Å². The Bertz CT molecular complexity index is 380. The summed E-state index contributed by atoms with van der Waals surface area (Å²) in [7, 11) is 0. The van der Waals surface area contributed by atoms with Crippen LogP contribution in [0.15, 0.2) is 30.3 Å². The second-order valence-corrected chi connectivity index (χ2v) is 6.28. The van der Waals surface area contributed by atoms with E-state index >= 15 is 0 Å². The van der Waals surface area contributed by atoms with Crippen molar-refractivity contribution in [3.8, 4) is 0 Å². The molecule has 1 aliphatic heterocycles. The molecule has 1 heterocycles. The maximum atomic E-state index is 3.65. The van der Waals surface area contributed by atoms with Crippen molar-refractivity contribution in [2.75, 3.05) is 19.6 Å². The summed E-state index contributed by atoms with van der Waals surface area (Å²) < 4.78 is 0. The van der Waals surface area contributed by atoms with Crippen molar-refractivity contribution in [1.82, 2.24) is 10.2 Å². The first kappa shape index (κ1) is 13.1. The van der Waals surface area contributed by atoms with Crippen LogP contribution in [0.25, 0.3) is 0 Å². The van der Waals surface area contributed by atoms with E-state index in [0.717, 1.165) is 5.92 Å². The molecule has 0 aromatic heterocycles. The molecule has 1 saturated carbocycles. The SMILES string of the molecule is CC(c1ccccc1)N(CC1CC1)C[C@@H]1CCCN1. The molecule has 1 N–H and O–H groups in total. The Morgan fingerprint density at radius 3 is 2.58 bits per heavy atom. The summed E-state index contributed by atoms with van der Waals surface area (Å²) in [6.07, 6.45) is 5.58. The summed E-state index contributed by atoms with van der Waals surface area (Å²) in [5.74, 6) is 0.965. The average Bonchev–Trinajstić information content (AvgIpc) is 3.12. The molecule has 2 fully saturated rings. The van der Waals surface area contributed by atoms with Gasteiger partial charge in [0.15, 0.2) is 0 Å². The molecular weight excluding hydrogens is 232 g/mol. The zero-order chi connectivity index (χ0) is 13.1. The molecule has 1 aromatic carbocycles. The van der Waals surface area contributed by atoms with Crippen molar-refractivity contribution in [2.45, 2.75) is 44.7 Å². The van der Waals surface area contributed by atoms with Crippen molar-refractivity contribution in [3.63, 3.8) is 0 Å². The Morgan fingerprint density at radius 2 is 1.95 bits per heavy atom. The van der Waals surface area contributed by atoms with Gasteiger partial charge in [-0.2, -0.15) is 0 Å². The monoisotopic (exact) mass is 258 g/mol. The Morgan fingerprint density at radius 1 is 1.16 bits per heavy atom. The zero-order valence-electron chi connectivity index (χ0n) is 12.0. The topological polar surface area (TPSA) is 15.3 Å². The molecule has 2 heteroatoms. The highest BCUT2D eigenvalue weighted by atomic mass is 15.2. The van der Waals surface area contributed by atoms with Gasteiger partial charge in [0.1, 0.15) is 0 Å². The van der Waals surface area contributed by atoms with Crippen LogP contribution in [0.2, 0.25) is 0 Å². The van der Waals surface area contributed by atoms with Gasteiger partial charge < -0.3 is 5.32 Å². The predicted octanol–water partition coefficient (Wildman–Crippen LogP) is 3.21. The normalized spacial score (nSPS) is 24.8. The number of nitrogens with one attached hydrogen (secondary N) is 1. The molecule has 1 aliphatic carbocycles. The second-order valence-electron chi connectivity index (χ2n) is 6.28. The van der Waals surface area contributed by atoms with Crippen molar-refractivity contribution in [1.29, 1.82) is 0 Å². The van der Waals surface area contributed by atoms with Crippen LogP contribution < -0.4 is 5.32 Å². The molecule has 2 atom stereocenters. The number of hydrogen-bond acceptors (Lipinski definition) is 2. The number of hydrogen-bond donors (Lipinski definition) is 1. The summed E-state index contributed by atoms with van der Waals surface area (Å²) in [6, 6.07) is 12.2. The fourth-order valence-electron chi connectivity index (χ4n) is 3.16. The Labute approximate surface area is 117 Å². The summed E-state index contributed by atoms with van der Waals surface area (Å²) in [5.41, 5.74) is 1.46. The highest BCUT2D eigenvalue weighted by Crippen LogP contribution is 2.33. The highest BCUT2D eigenvalue weighted by molar-refractivity contribution is 5.18. The molecular formula is C17H26N2. The molecule has 19 heavy (non-hydrogen) atoms. The maximum absolute atomic E-state index is 3.65. The molecule has 104 valence electrons. The van der Waals surface area contributed by atoms with E-state index in [1.165, 1.54) is 50.9 Å². The molecule has 1 saturated heterocycles. The molecule has 1 unspecified atom stereocenters. The maximum Gasteiger partial charge on any atom is 0.0320 e. The van der Waals surface area contributed by atoms with Crippen molar-refractivity contribution in [2.24, 2.45) is 5.92 Å². The smallest absolute Gasteiger partial charge is 0.0320 e. The fourth-order valence-corrected chi connectivity index (χ4v) is 3.16. The first-order chi connectivity index (χ1) is 9.33. The first-order valence-electron chi connectivity index (χ1n) is 7.85. The van der Waals surface area contributed by atoms with Gasteiger partial charge in [-0.05, 0) is 50.6 Å². The lowest BCUT2D eigenvalue weighted by molar-refractivity contribution is 0.184. The van der Waals surface area contributed by atoms with Crippen molar-refractivity contribution >= 4 is 0 Å².